The molecule has 0 unspecified atom stereocenters. The van der Waals surface area contributed by atoms with E-state index in [1.54, 1.807) is 6.07 Å². The summed E-state index contributed by atoms with van der Waals surface area (Å²) < 4.78 is 0. The first kappa shape index (κ1) is 9.55. The molecule has 0 saturated heterocycles. The van der Waals surface area contributed by atoms with Gasteiger partial charge >= 0.3 is 0 Å². The summed E-state index contributed by atoms with van der Waals surface area (Å²) in [5, 5.41) is 12.2. The normalized spacial score (nSPS) is 11.7. The second-order valence-electron chi connectivity index (χ2n) is 2.22. The molecule has 0 saturated carbocycles. The van der Waals surface area contributed by atoms with Gasteiger partial charge in [0.05, 0.1) is 0 Å². The molecule has 0 aromatic heterocycles. The lowest BCUT2D eigenvalue weighted by Gasteiger charge is -1.98. The first-order valence-corrected chi connectivity index (χ1v) is 4.80. The van der Waals surface area contributed by atoms with E-state index in [1.807, 2.05) is 18.2 Å². The van der Waals surface area contributed by atoms with Crippen molar-refractivity contribution in [3.8, 4) is 0 Å². The van der Waals surface area contributed by atoms with Gasteiger partial charge in [-0.25, -0.2) is 0 Å². The zero-order chi connectivity index (χ0) is 8.97. The van der Waals surface area contributed by atoms with E-state index in [0.29, 0.717) is 0 Å². The topological polar surface area (TPSA) is 32.6 Å². The zero-order valence-corrected chi connectivity index (χ0v) is 8.51. The number of hydrogen-bond acceptors (Lipinski definition) is 2. The van der Waals surface area contributed by atoms with E-state index in [-0.39, 0.29) is 5.17 Å². The van der Waals surface area contributed by atoms with Crippen molar-refractivity contribution in [1.82, 2.24) is 0 Å². The minimum atomic E-state index is 0.109. The molecule has 0 spiro atoms. The first-order chi connectivity index (χ1) is 5.77. The van der Waals surface area contributed by atoms with Crippen LogP contribution in [0, 0.1) is 0 Å². The Morgan fingerprint density at radius 1 is 1.58 bits per heavy atom. The van der Waals surface area contributed by atoms with E-state index in [0.717, 1.165) is 16.5 Å². The fourth-order valence-electron chi connectivity index (χ4n) is 0.841. The quantitative estimate of drug-likeness (QED) is 0.371. The highest BCUT2D eigenvalue weighted by molar-refractivity contribution is 9.08. The van der Waals surface area contributed by atoms with Crippen molar-refractivity contribution >= 4 is 32.7 Å². The van der Waals surface area contributed by atoms with Crippen LogP contribution < -0.4 is 0 Å². The Morgan fingerprint density at radius 2 is 2.33 bits per heavy atom. The fourth-order valence-corrected chi connectivity index (χ4v) is 1.31. The van der Waals surface area contributed by atoms with Gasteiger partial charge in [-0.1, -0.05) is 50.9 Å². The van der Waals surface area contributed by atoms with Gasteiger partial charge in [0.2, 0.25) is 0 Å². The fraction of sp³-hybridized carbons (Fsp3) is 0.125. The molecule has 0 aliphatic heterocycles. The van der Waals surface area contributed by atoms with Gasteiger partial charge in [0.1, 0.15) is 0 Å². The van der Waals surface area contributed by atoms with Crippen molar-refractivity contribution in [2.24, 2.45) is 5.16 Å². The molecule has 1 rings (SSSR count). The number of nitrogens with zero attached hydrogens (tertiary/aromatic N) is 1. The van der Waals surface area contributed by atoms with Crippen molar-refractivity contribution in [2.75, 3.05) is 0 Å². The lowest BCUT2D eigenvalue weighted by atomic mass is 10.1. The van der Waals surface area contributed by atoms with Crippen LogP contribution >= 0.6 is 27.5 Å². The average Bonchev–Trinajstić information content (AvgIpc) is 2.17. The predicted octanol–water partition coefficient (Wildman–Crippen LogP) is 2.96. The summed E-state index contributed by atoms with van der Waals surface area (Å²) in [6, 6.07) is 7.46. The lowest BCUT2D eigenvalue weighted by Crippen LogP contribution is -1.91. The molecule has 0 aliphatic rings. The molecule has 0 amide bonds. The maximum atomic E-state index is 8.40. The largest absolute Gasteiger partial charge is 0.410 e. The van der Waals surface area contributed by atoms with Gasteiger partial charge in [-0.3, -0.25) is 0 Å². The first-order valence-electron chi connectivity index (χ1n) is 3.30. The molecule has 1 N–H and O–H groups in total. The van der Waals surface area contributed by atoms with Crippen LogP contribution in [-0.4, -0.2) is 10.4 Å². The Morgan fingerprint density at radius 3 is 2.92 bits per heavy atom. The van der Waals surface area contributed by atoms with Gasteiger partial charge in [-0.2, -0.15) is 0 Å². The van der Waals surface area contributed by atoms with Crippen LogP contribution in [0.5, 0.6) is 0 Å². The molecule has 2 nitrogen and oxygen atoms in total. The van der Waals surface area contributed by atoms with Crippen molar-refractivity contribution in [2.45, 2.75) is 5.33 Å². The Labute approximate surface area is 84.0 Å². The Hall–Kier alpha value is -0.540. The summed E-state index contributed by atoms with van der Waals surface area (Å²) in [7, 11) is 0. The van der Waals surface area contributed by atoms with Gasteiger partial charge in [0.15, 0.2) is 5.17 Å². The van der Waals surface area contributed by atoms with E-state index in [1.165, 1.54) is 0 Å². The van der Waals surface area contributed by atoms with Crippen LogP contribution in [0.15, 0.2) is 29.4 Å². The number of hydrogen-bond donors (Lipinski definition) is 1. The van der Waals surface area contributed by atoms with Crippen LogP contribution in [0.25, 0.3) is 0 Å². The highest BCUT2D eigenvalue weighted by Gasteiger charge is 1.99. The standard InChI is InChI=1S/C8H7BrClNO/c9-5-6-2-1-3-7(4-6)8(10)11-12/h1-4,12H,5H2/b11-8-. The number of benzene rings is 1. The van der Waals surface area contributed by atoms with E-state index < -0.39 is 0 Å². The molecule has 4 heteroatoms. The molecule has 0 bridgehead atoms. The van der Waals surface area contributed by atoms with E-state index in [4.69, 9.17) is 16.8 Å². The molecule has 0 heterocycles. The van der Waals surface area contributed by atoms with Crippen LogP contribution in [-0.2, 0) is 5.33 Å². The number of oxime groups is 1. The molecule has 0 radical (unpaired) electrons. The SMILES string of the molecule is O/N=C(\Cl)c1cccc(CBr)c1. The maximum absolute atomic E-state index is 8.40. The third-order valence-electron chi connectivity index (χ3n) is 1.41. The average molecular weight is 249 g/mol. The number of alkyl halides is 1. The van der Waals surface area contributed by atoms with Crippen LogP contribution in [0.4, 0.5) is 0 Å². The molecule has 0 aliphatic carbocycles. The van der Waals surface area contributed by atoms with E-state index in [9.17, 15) is 0 Å². The van der Waals surface area contributed by atoms with E-state index >= 15 is 0 Å². The van der Waals surface area contributed by atoms with E-state index in [2.05, 4.69) is 21.1 Å². The number of rotatable bonds is 2. The second kappa shape index (κ2) is 4.48. The smallest absolute Gasteiger partial charge is 0.175 e. The second-order valence-corrected chi connectivity index (χ2v) is 3.14. The third kappa shape index (κ3) is 2.22. The molecule has 0 atom stereocenters. The van der Waals surface area contributed by atoms with Crippen LogP contribution in [0.2, 0.25) is 0 Å². The monoisotopic (exact) mass is 247 g/mol. The van der Waals surface area contributed by atoms with Gasteiger partial charge in [0.25, 0.3) is 0 Å². The van der Waals surface area contributed by atoms with Gasteiger partial charge < -0.3 is 5.21 Å². The Bertz CT molecular complexity index is 301. The third-order valence-corrected chi connectivity index (χ3v) is 2.35. The molecule has 1 aromatic carbocycles. The van der Waals surface area contributed by atoms with Crippen molar-refractivity contribution in [1.29, 1.82) is 0 Å². The number of halogens is 2. The minimum Gasteiger partial charge on any atom is -0.410 e. The summed E-state index contributed by atoms with van der Waals surface area (Å²) in [6.45, 7) is 0. The highest BCUT2D eigenvalue weighted by atomic mass is 79.9. The van der Waals surface area contributed by atoms with Gasteiger partial charge in [-0.15, -0.1) is 0 Å². The summed E-state index contributed by atoms with van der Waals surface area (Å²) in [5.41, 5.74) is 1.81. The molecular weight excluding hydrogens is 241 g/mol. The Balaban J connectivity index is 3.02. The lowest BCUT2D eigenvalue weighted by molar-refractivity contribution is 0.321. The van der Waals surface area contributed by atoms with Crippen LogP contribution in [0.3, 0.4) is 0 Å². The summed E-state index contributed by atoms with van der Waals surface area (Å²) in [5.74, 6) is 0. The summed E-state index contributed by atoms with van der Waals surface area (Å²) >= 11 is 8.92. The molecule has 1 aromatic rings. The van der Waals surface area contributed by atoms with Crippen LogP contribution in [0.1, 0.15) is 11.1 Å². The molecule has 12 heavy (non-hydrogen) atoms. The van der Waals surface area contributed by atoms with Gasteiger partial charge in [0, 0.05) is 10.9 Å². The maximum Gasteiger partial charge on any atom is 0.175 e. The molecule has 64 valence electrons. The molecule has 0 fully saturated rings. The predicted molar refractivity (Wildman–Crippen MR) is 53.2 cm³/mol. The zero-order valence-electron chi connectivity index (χ0n) is 6.17. The van der Waals surface area contributed by atoms with Gasteiger partial charge in [-0.05, 0) is 11.6 Å². The van der Waals surface area contributed by atoms with Crippen molar-refractivity contribution in [3.63, 3.8) is 0 Å². The molecular formula is C8H7BrClNO. The van der Waals surface area contributed by atoms with Crippen molar-refractivity contribution in [3.05, 3.63) is 35.4 Å². The summed E-state index contributed by atoms with van der Waals surface area (Å²) in [6.07, 6.45) is 0. The Kier molecular flexibility index (Phi) is 3.56. The summed E-state index contributed by atoms with van der Waals surface area (Å²) in [4.78, 5) is 0. The minimum absolute atomic E-state index is 0.109. The highest BCUT2D eigenvalue weighted by Crippen LogP contribution is 2.11. The van der Waals surface area contributed by atoms with Crippen molar-refractivity contribution < 1.29 is 5.21 Å².